The van der Waals surface area contributed by atoms with Crippen LogP contribution in [0.3, 0.4) is 0 Å². The predicted molar refractivity (Wildman–Crippen MR) is 133 cm³/mol. The Labute approximate surface area is 196 Å². The molecule has 2 N–H and O–H groups in total. The van der Waals surface area contributed by atoms with E-state index in [-0.39, 0.29) is 11.0 Å². The third-order valence-electron chi connectivity index (χ3n) is 5.31. The molecule has 0 radical (unpaired) electrons. The number of nitrogens with one attached hydrogen (secondary N) is 2. The Hall–Kier alpha value is -3.22. The van der Waals surface area contributed by atoms with Gasteiger partial charge in [0.15, 0.2) is 10.7 Å². The van der Waals surface area contributed by atoms with Crippen LogP contribution in [0, 0.1) is 0 Å². The summed E-state index contributed by atoms with van der Waals surface area (Å²) in [6, 6.07) is 20.4. The van der Waals surface area contributed by atoms with E-state index >= 15 is 0 Å². The number of hydrogen-bond donors (Lipinski definition) is 2. The smallest absolute Gasteiger partial charge is 0.258 e. The molecule has 32 heavy (non-hydrogen) atoms. The van der Waals surface area contributed by atoms with Crippen molar-refractivity contribution in [1.29, 1.82) is 0 Å². The number of benzene rings is 3. The fourth-order valence-electron chi connectivity index (χ4n) is 3.32. The van der Waals surface area contributed by atoms with E-state index in [0.29, 0.717) is 28.1 Å². The second-order valence-corrected chi connectivity index (χ2v) is 8.34. The first kappa shape index (κ1) is 22.0. The van der Waals surface area contributed by atoms with Crippen LogP contribution in [-0.2, 0) is 0 Å². The fourth-order valence-corrected chi connectivity index (χ4v) is 3.75. The molecule has 0 aliphatic heterocycles. The van der Waals surface area contributed by atoms with E-state index in [4.69, 9.17) is 28.2 Å². The van der Waals surface area contributed by atoms with Gasteiger partial charge in [-0.15, -0.1) is 0 Å². The Balaban J connectivity index is 1.50. The van der Waals surface area contributed by atoms with Crippen molar-refractivity contribution in [2.75, 3.05) is 5.32 Å². The van der Waals surface area contributed by atoms with Gasteiger partial charge < -0.3 is 9.73 Å². The standard InChI is InChI=1S/C25H22ClN3O2S/c1-3-15(2)16-11-12-22-21(14-16)28-24(31-22)17-7-6-8-18(13-17)27-25(32)29-23(30)19-9-4-5-10-20(19)26/h4-15H,3H2,1-2H3,(H2,27,29,30,32)/t15-/m0/s1. The van der Waals surface area contributed by atoms with Crippen LogP contribution < -0.4 is 10.6 Å². The van der Waals surface area contributed by atoms with Crippen molar-refractivity contribution < 1.29 is 9.21 Å². The quantitative estimate of drug-likeness (QED) is 0.319. The number of nitrogens with zero attached hydrogens (tertiary/aromatic N) is 1. The van der Waals surface area contributed by atoms with E-state index in [1.165, 1.54) is 5.56 Å². The maximum Gasteiger partial charge on any atom is 0.258 e. The van der Waals surface area contributed by atoms with Crippen molar-refractivity contribution in [2.45, 2.75) is 26.2 Å². The highest BCUT2D eigenvalue weighted by Gasteiger charge is 2.13. The highest BCUT2D eigenvalue weighted by atomic mass is 35.5. The number of anilines is 1. The first-order chi connectivity index (χ1) is 15.4. The summed E-state index contributed by atoms with van der Waals surface area (Å²) < 4.78 is 5.96. The van der Waals surface area contributed by atoms with Gasteiger partial charge in [-0.25, -0.2) is 4.98 Å². The van der Waals surface area contributed by atoms with E-state index in [2.05, 4.69) is 41.6 Å². The molecule has 162 valence electrons. The van der Waals surface area contributed by atoms with E-state index in [1.807, 2.05) is 30.3 Å². The van der Waals surface area contributed by atoms with E-state index in [1.54, 1.807) is 24.3 Å². The monoisotopic (exact) mass is 463 g/mol. The van der Waals surface area contributed by atoms with Crippen LogP contribution in [-0.4, -0.2) is 16.0 Å². The Morgan fingerprint density at radius 1 is 1.12 bits per heavy atom. The normalized spacial score (nSPS) is 11.8. The van der Waals surface area contributed by atoms with Gasteiger partial charge in [0.2, 0.25) is 5.89 Å². The van der Waals surface area contributed by atoms with E-state index in [9.17, 15) is 4.79 Å². The lowest BCUT2D eigenvalue weighted by atomic mass is 9.98. The van der Waals surface area contributed by atoms with Crippen molar-refractivity contribution in [1.82, 2.24) is 10.3 Å². The molecular formula is C25H22ClN3O2S. The lowest BCUT2D eigenvalue weighted by Gasteiger charge is -2.10. The molecule has 3 aromatic carbocycles. The number of carbonyl (C=O) groups is 1. The summed E-state index contributed by atoms with van der Waals surface area (Å²) in [5.41, 5.74) is 4.68. The topological polar surface area (TPSA) is 67.2 Å². The number of fused-ring (bicyclic) bond motifs is 1. The number of hydrogen-bond acceptors (Lipinski definition) is 4. The Morgan fingerprint density at radius 3 is 2.72 bits per heavy atom. The maximum atomic E-state index is 12.4. The molecular weight excluding hydrogens is 442 g/mol. The molecule has 1 atom stereocenters. The molecule has 4 aromatic rings. The van der Waals surface area contributed by atoms with Crippen molar-refractivity contribution in [3.8, 4) is 11.5 Å². The summed E-state index contributed by atoms with van der Waals surface area (Å²) in [6.45, 7) is 4.37. The molecule has 0 aliphatic carbocycles. The van der Waals surface area contributed by atoms with Crippen LogP contribution >= 0.6 is 23.8 Å². The van der Waals surface area contributed by atoms with Crippen LogP contribution in [0.1, 0.15) is 42.1 Å². The van der Waals surface area contributed by atoms with Gasteiger partial charge >= 0.3 is 0 Å². The minimum absolute atomic E-state index is 0.169. The summed E-state index contributed by atoms with van der Waals surface area (Å²) in [5.74, 6) is 0.616. The fraction of sp³-hybridized carbons (Fsp3) is 0.160. The summed E-state index contributed by atoms with van der Waals surface area (Å²) in [6.07, 6.45) is 1.07. The third-order valence-corrected chi connectivity index (χ3v) is 5.84. The number of amides is 1. The van der Waals surface area contributed by atoms with Gasteiger partial charge in [0.1, 0.15) is 5.52 Å². The third kappa shape index (κ3) is 4.82. The molecule has 0 bridgehead atoms. The zero-order valence-electron chi connectivity index (χ0n) is 17.7. The summed E-state index contributed by atoms with van der Waals surface area (Å²) in [4.78, 5) is 17.1. The predicted octanol–water partition coefficient (Wildman–Crippen LogP) is 6.79. The van der Waals surface area contributed by atoms with Crippen LogP contribution in [0.2, 0.25) is 5.02 Å². The van der Waals surface area contributed by atoms with Gasteiger partial charge in [-0.05, 0) is 72.6 Å². The number of thiocarbonyl (C=S) groups is 1. The minimum Gasteiger partial charge on any atom is -0.436 e. The molecule has 1 amide bonds. The molecule has 1 heterocycles. The second-order valence-electron chi connectivity index (χ2n) is 7.52. The van der Waals surface area contributed by atoms with Crippen molar-refractivity contribution >= 4 is 51.6 Å². The van der Waals surface area contributed by atoms with Crippen molar-refractivity contribution in [3.63, 3.8) is 0 Å². The Morgan fingerprint density at radius 2 is 1.94 bits per heavy atom. The Kier molecular flexibility index (Phi) is 6.53. The van der Waals surface area contributed by atoms with Gasteiger partial charge in [-0.1, -0.05) is 49.7 Å². The van der Waals surface area contributed by atoms with Crippen LogP contribution in [0.5, 0.6) is 0 Å². The summed E-state index contributed by atoms with van der Waals surface area (Å²) in [7, 11) is 0. The van der Waals surface area contributed by atoms with E-state index < -0.39 is 0 Å². The average Bonchev–Trinajstić information content (AvgIpc) is 3.22. The summed E-state index contributed by atoms with van der Waals surface area (Å²) >= 11 is 11.4. The number of aromatic nitrogens is 1. The van der Waals surface area contributed by atoms with E-state index in [0.717, 1.165) is 23.1 Å². The lowest BCUT2D eigenvalue weighted by Crippen LogP contribution is -2.34. The zero-order chi connectivity index (χ0) is 22.7. The van der Waals surface area contributed by atoms with Gasteiger partial charge in [-0.2, -0.15) is 0 Å². The molecule has 0 saturated heterocycles. The molecule has 0 fully saturated rings. The molecule has 0 aliphatic rings. The molecule has 1 aromatic heterocycles. The number of carbonyl (C=O) groups excluding carboxylic acids is 1. The second kappa shape index (κ2) is 9.51. The number of halogens is 1. The molecule has 7 heteroatoms. The molecule has 0 unspecified atom stereocenters. The van der Waals surface area contributed by atoms with Crippen molar-refractivity contribution in [2.24, 2.45) is 0 Å². The highest BCUT2D eigenvalue weighted by Crippen LogP contribution is 2.29. The lowest BCUT2D eigenvalue weighted by molar-refractivity contribution is 0.0978. The van der Waals surface area contributed by atoms with Crippen molar-refractivity contribution in [3.05, 3.63) is 82.9 Å². The molecule has 4 rings (SSSR count). The zero-order valence-corrected chi connectivity index (χ0v) is 19.3. The molecule has 0 saturated carbocycles. The van der Waals surface area contributed by atoms with Gasteiger partial charge in [-0.3, -0.25) is 10.1 Å². The van der Waals surface area contributed by atoms with Gasteiger partial charge in [0, 0.05) is 11.3 Å². The molecule has 0 spiro atoms. The first-order valence-corrected chi connectivity index (χ1v) is 11.1. The maximum absolute atomic E-state index is 12.4. The number of oxazole rings is 1. The largest absolute Gasteiger partial charge is 0.436 e. The first-order valence-electron chi connectivity index (χ1n) is 10.3. The molecule has 5 nitrogen and oxygen atoms in total. The van der Waals surface area contributed by atoms with Gasteiger partial charge in [0.05, 0.1) is 10.6 Å². The SMILES string of the molecule is CC[C@H](C)c1ccc2oc(-c3cccc(NC(=S)NC(=O)c4ccccc4Cl)c3)nc2c1. The average molecular weight is 464 g/mol. The van der Waals surface area contributed by atoms with Crippen LogP contribution in [0.25, 0.3) is 22.6 Å². The Bertz CT molecular complexity index is 1300. The minimum atomic E-state index is -0.375. The highest BCUT2D eigenvalue weighted by molar-refractivity contribution is 7.80. The summed E-state index contributed by atoms with van der Waals surface area (Å²) in [5, 5.41) is 6.20. The van der Waals surface area contributed by atoms with Gasteiger partial charge in [0.25, 0.3) is 5.91 Å². The van der Waals surface area contributed by atoms with Crippen LogP contribution in [0.4, 0.5) is 5.69 Å². The number of rotatable bonds is 5. The van der Waals surface area contributed by atoms with Crippen LogP contribution in [0.15, 0.2) is 71.1 Å².